The summed E-state index contributed by atoms with van der Waals surface area (Å²) in [6.07, 6.45) is 0.533. The highest BCUT2D eigenvalue weighted by Crippen LogP contribution is 2.21. The monoisotopic (exact) mass is 199 g/mol. The molecule has 0 aromatic heterocycles. The number of hydroxylamine groups is 3. The lowest BCUT2D eigenvalue weighted by Gasteiger charge is -2.15. The Hall–Kier alpha value is -1.53. The number of hydrogen-bond acceptors (Lipinski definition) is 5. The number of quaternary nitrogens is 1. The van der Waals surface area contributed by atoms with E-state index in [1.165, 1.54) is 0 Å². The van der Waals surface area contributed by atoms with Gasteiger partial charge in [0.05, 0.1) is 18.8 Å². The van der Waals surface area contributed by atoms with Crippen LogP contribution >= 0.6 is 0 Å². The summed E-state index contributed by atoms with van der Waals surface area (Å²) >= 11 is 0. The highest BCUT2D eigenvalue weighted by molar-refractivity contribution is 5.92. The zero-order valence-corrected chi connectivity index (χ0v) is 7.52. The minimum Gasteiger partial charge on any atom is -0.545 e. The van der Waals surface area contributed by atoms with Crippen LogP contribution in [0.15, 0.2) is 11.8 Å². The molecule has 0 spiro atoms. The first kappa shape index (κ1) is 10.6. The second kappa shape index (κ2) is 3.32. The lowest BCUT2D eigenvalue weighted by Crippen LogP contribution is -2.45. The van der Waals surface area contributed by atoms with Gasteiger partial charge in [0.2, 0.25) is 0 Å². The number of carbonyl (C=O) groups excluding carboxylic acids is 3. The molecular weight excluding hydrogens is 190 g/mol. The fraction of sp³-hybridized carbons (Fsp3) is 0.375. The number of carboxylic acids is 1. The van der Waals surface area contributed by atoms with Gasteiger partial charge in [-0.3, -0.25) is 0 Å². The highest BCUT2D eigenvalue weighted by Gasteiger charge is 2.48. The average molecular weight is 199 g/mol. The summed E-state index contributed by atoms with van der Waals surface area (Å²) in [7, 11) is 0. The molecule has 14 heavy (non-hydrogen) atoms. The number of amides is 2. The molecule has 0 bridgehead atoms. The Morgan fingerprint density at radius 1 is 1.43 bits per heavy atom. The lowest BCUT2D eigenvalue weighted by atomic mass is 10.3. The van der Waals surface area contributed by atoms with Crippen molar-refractivity contribution in [1.82, 2.24) is 0 Å². The van der Waals surface area contributed by atoms with Crippen LogP contribution in [0.3, 0.4) is 0 Å². The molecular formula is C8H9NO5. The van der Waals surface area contributed by atoms with Crippen molar-refractivity contribution in [2.24, 2.45) is 0 Å². The summed E-state index contributed by atoms with van der Waals surface area (Å²) in [5.41, 5.74) is -0.351. The maximum Gasteiger partial charge on any atom is 0.358 e. The van der Waals surface area contributed by atoms with Crippen LogP contribution in [0, 0.1) is 0 Å². The Morgan fingerprint density at radius 2 is 1.86 bits per heavy atom. The third-order valence-corrected chi connectivity index (χ3v) is 2.02. The summed E-state index contributed by atoms with van der Waals surface area (Å²) in [5, 5.41) is 19.8. The fourth-order valence-electron chi connectivity index (χ4n) is 1.17. The number of nitrogens with zero attached hydrogens (tertiary/aromatic N) is 1. The first-order valence-electron chi connectivity index (χ1n) is 3.97. The van der Waals surface area contributed by atoms with Gasteiger partial charge in [-0.25, -0.2) is 9.59 Å². The van der Waals surface area contributed by atoms with Gasteiger partial charge >= 0.3 is 11.8 Å². The van der Waals surface area contributed by atoms with Gasteiger partial charge in [0.1, 0.15) is 6.20 Å². The summed E-state index contributed by atoms with van der Waals surface area (Å²) in [6.45, 7) is 1.14. The molecule has 0 aliphatic carbocycles. The van der Waals surface area contributed by atoms with Crippen molar-refractivity contribution in [3.63, 3.8) is 0 Å². The van der Waals surface area contributed by atoms with Crippen molar-refractivity contribution in [3.05, 3.63) is 11.8 Å². The third-order valence-electron chi connectivity index (χ3n) is 2.02. The van der Waals surface area contributed by atoms with Crippen LogP contribution in [0.5, 0.6) is 0 Å². The van der Waals surface area contributed by atoms with E-state index in [2.05, 4.69) is 0 Å². The normalized spacial score (nSPS) is 21.4. The molecule has 1 saturated heterocycles. The quantitative estimate of drug-likeness (QED) is 0.258. The summed E-state index contributed by atoms with van der Waals surface area (Å²) in [4.78, 5) is 32.5. The molecule has 0 aromatic carbocycles. The Bertz CT molecular complexity index is 328. The Morgan fingerprint density at radius 3 is 2.21 bits per heavy atom. The van der Waals surface area contributed by atoms with Crippen LogP contribution in [0.2, 0.25) is 0 Å². The van der Waals surface area contributed by atoms with E-state index in [9.17, 15) is 24.7 Å². The van der Waals surface area contributed by atoms with Crippen LogP contribution in [0.1, 0.15) is 19.8 Å². The van der Waals surface area contributed by atoms with E-state index in [-0.39, 0.29) is 18.4 Å². The van der Waals surface area contributed by atoms with Crippen molar-refractivity contribution in [1.29, 1.82) is 0 Å². The van der Waals surface area contributed by atoms with Crippen LogP contribution in [-0.2, 0) is 14.4 Å². The molecule has 1 aliphatic rings. The largest absolute Gasteiger partial charge is 0.545 e. The zero-order chi connectivity index (χ0) is 10.9. The summed E-state index contributed by atoms with van der Waals surface area (Å²) in [5.74, 6) is -2.98. The van der Waals surface area contributed by atoms with Crippen LogP contribution < -0.4 is 5.11 Å². The summed E-state index contributed by atoms with van der Waals surface area (Å²) in [6, 6.07) is 0. The van der Waals surface area contributed by atoms with E-state index in [1.807, 2.05) is 0 Å². The van der Waals surface area contributed by atoms with Gasteiger partial charge in [0.25, 0.3) is 0 Å². The van der Waals surface area contributed by atoms with Crippen molar-refractivity contribution in [2.75, 3.05) is 0 Å². The molecule has 1 fully saturated rings. The van der Waals surface area contributed by atoms with Crippen LogP contribution in [0.25, 0.3) is 0 Å². The molecule has 0 saturated carbocycles. The maximum absolute atomic E-state index is 11.1. The van der Waals surface area contributed by atoms with E-state index < -0.39 is 22.4 Å². The molecule has 1 aliphatic heterocycles. The number of aliphatic carboxylic acids is 1. The lowest BCUT2D eigenvalue weighted by molar-refractivity contribution is -0.928. The van der Waals surface area contributed by atoms with Crippen LogP contribution in [-0.4, -0.2) is 27.6 Å². The van der Waals surface area contributed by atoms with Crippen LogP contribution in [0.4, 0.5) is 0 Å². The van der Waals surface area contributed by atoms with E-state index in [0.717, 1.165) is 6.92 Å². The van der Waals surface area contributed by atoms with Gasteiger partial charge in [-0.05, 0) is 11.6 Å². The standard InChI is InChI=1S/C8H9NO5/c1-5(8(12)13)4-9(14)6(10)2-3-7(9)11/h4,14H,2-3H2,1H3. The molecule has 0 radical (unpaired) electrons. The van der Waals surface area contributed by atoms with Gasteiger partial charge in [0, 0.05) is 5.57 Å². The second-order valence-electron chi connectivity index (χ2n) is 3.07. The minimum atomic E-state index is -1.56. The first-order chi connectivity index (χ1) is 6.38. The minimum absolute atomic E-state index is 0.0772. The predicted octanol–water partition coefficient (Wildman–Crippen LogP) is -1.31. The third kappa shape index (κ3) is 1.57. The summed E-state index contributed by atoms with van der Waals surface area (Å²) < 4.78 is -1.56. The maximum atomic E-state index is 11.1. The molecule has 0 aromatic rings. The molecule has 1 rings (SSSR count). The fourth-order valence-corrected chi connectivity index (χ4v) is 1.17. The highest BCUT2D eigenvalue weighted by atomic mass is 16.6. The number of likely N-dealkylation sites (tertiary alicyclic amines) is 1. The predicted molar refractivity (Wildman–Crippen MR) is 40.1 cm³/mol. The van der Waals surface area contributed by atoms with Gasteiger partial charge in [-0.1, -0.05) is 0 Å². The number of rotatable bonds is 2. The molecule has 0 atom stereocenters. The van der Waals surface area contributed by atoms with Crippen molar-refractivity contribution < 1.29 is 29.3 Å². The molecule has 0 unspecified atom stereocenters. The Balaban J connectivity index is 3.06. The SMILES string of the molecule is CC(=C[N+]1(O)C(=O)CCC1=O)C(=O)[O-]. The van der Waals surface area contributed by atoms with E-state index in [0.29, 0.717) is 6.20 Å². The molecule has 1 N–H and O–H groups in total. The van der Waals surface area contributed by atoms with Gasteiger partial charge < -0.3 is 9.90 Å². The molecule has 6 heteroatoms. The van der Waals surface area contributed by atoms with Gasteiger partial charge in [-0.15, -0.1) is 0 Å². The molecule has 1 heterocycles. The smallest absolute Gasteiger partial charge is 0.358 e. The van der Waals surface area contributed by atoms with Crippen molar-refractivity contribution in [3.8, 4) is 0 Å². The van der Waals surface area contributed by atoms with E-state index in [4.69, 9.17) is 0 Å². The Kier molecular flexibility index (Phi) is 2.50. The Labute approximate surface area is 79.6 Å². The molecule has 76 valence electrons. The van der Waals surface area contributed by atoms with Crippen molar-refractivity contribution >= 4 is 17.8 Å². The van der Waals surface area contributed by atoms with Crippen molar-refractivity contribution in [2.45, 2.75) is 19.8 Å². The van der Waals surface area contributed by atoms with Gasteiger partial charge in [0.15, 0.2) is 0 Å². The van der Waals surface area contributed by atoms with E-state index in [1.54, 1.807) is 0 Å². The first-order valence-corrected chi connectivity index (χ1v) is 3.97. The van der Waals surface area contributed by atoms with Gasteiger partial charge in [-0.2, -0.15) is 5.21 Å². The second-order valence-corrected chi connectivity index (χ2v) is 3.07. The molecule has 2 amide bonds. The topological polar surface area (TPSA) is 94.5 Å². The number of carbonyl (C=O) groups is 3. The number of carboxylic acid groups (broad SMARTS) is 1. The molecule has 6 nitrogen and oxygen atoms in total. The average Bonchev–Trinajstić information content (AvgIpc) is 2.33. The number of imide groups is 1. The van der Waals surface area contributed by atoms with E-state index >= 15 is 0 Å². The zero-order valence-electron chi connectivity index (χ0n) is 7.52. The number of hydrogen-bond donors (Lipinski definition) is 1.